The highest BCUT2D eigenvalue weighted by Crippen LogP contribution is 2.22. The predicted molar refractivity (Wildman–Crippen MR) is 61.7 cm³/mol. The van der Waals surface area contributed by atoms with Gasteiger partial charge in [-0.15, -0.1) is 11.6 Å². The van der Waals surface area contributed by atoms with E-state index in [0.29, 0.717) is 17.2 Å². The molecule has 0 radical (unpaired) electrons. The van der Waals surface area contributed by atoms with Crippen molar-refractivity contribution < 1.29 is 8.78 Å². The minimum Gasteiger partial charge on any atom is -0.237 e. The second-order valence-electron chi connectivity index (χ2n) is 3.57. The third-order valence-corrected chi connectivity index (χ3v) is 2.47. The zero-order valence-corrected chi connectivity index (χ0v) is 9.80. The Morgan fingerprint density at radius 2 is 1.94 bits per heavy atom. The topological polar surface area (TPSA) is 25.8 Å². The Labute approximate surface area is 102 Å². The maximum absolute atomic E-state index is 13.6. The van der Waals surface area contributed by atoms with Gasteiger partial charge in [0.05, 0.1) is 11.6 Å². The van der Waals surface area contributed by atoms with Crippen LogP contribution >= 0.6 is 11.6 Å². The molecule has 1 heterocycles. The van der Waals surface area contributed by atoms with Gasteiger partial charge < -0.3 is 0 Å². The Morgan fingerprint density at radius 3 is 2.59 bits per heavy atom. The molecular weight excluding hydrogens is 246 g/mol. The molecule has 0 aliphatic heterocycles. The summed E-state index contributed by atoms with van der Waals surface area (Å²) < 4.78 is 26.4. The van der Waals surface area contributed by atoms with Crippen molar-refractivity contribution in [2.75, 3.05) is 0 Å². The van der Waals surface area contributed by atoms with Crippen LogP contribution in [0.1, 0.15) is 11.5 Å². The minimum absolute atomic E-state index is 0.150. The van der Waals surface area contributed by atoms with Gasteiger partial charge in [0.15, 0.2) is 0 Å². The van der Waals surface area contributed by atoms with Gasteiger partial charge in [0.1, 0.15) is 17.5 Å². The highest BCUT2D eigenvalue weighted by atomic mass is 35.5. The summed E-state index contributed by atoms with van der Waals surface area (Å²) in [7, 11) is 0. The van der Waals surface area contributed by atoms with Gasteiger partial charge in [0.25, 0.3) is 0 Å². The summed E-state index contributed by atoms with van der Waals surface area (Å²) in [5.74, 6) is -0.694. The number of hydrogen-bond acceptors (Lipinski definition) is 2. The van der Waals surface area contributed by atoms with Crippen molar-refractivity contribution in [3.8, 4) is 11.3 Å². The smallest absolute Gasteiger partial charge is 0.143 e. The van der Waals surface area contributed by atoms with E-state index in [9.17, 15) is 8.78 Å². The average Bonchev–Trinajstić information content (AvgIpc) is 2.28. The molecular formula is C12H9ClF2N2. The number of alkyl halides is 1. The van der Waals surface area contributed by atoms with E-state index in [2.05, 4.69) is 9.97 Å². The summed E-state index contributed by atoms with van der Waals surface area (Å²) >= 11 is 5.64. The lowest BCUT2D eigenvalue weighted by Gasteiger charge is -2.05. The first-order chi connectivity index (χ1) is 8.10. The Kier molecular flexibility index (Phi) is 3.33. The molecule has 0 saturated heterocycles. The van der Waals surface area contributed by atoms with E-state index in [4.69, 9.17) is 11.6 Å². The van der Waals surface area contributed by atoms with E-state index in [1.54, 1.807) is 13.0 Å². The highest BCUT2D eigenvalue weighted by molar-refractivity contribution is 6.16. The minimum atomic E-state index is -0.649. The first-order valence-corrected chi connectivity index (χ1v) is 5.49. The Balaban J connectivity index is 2.55. The van der Waals surface area contributed by atoms with Gasteiger partial charge >= 0.3 is 0 Å². The summed E-state index contributed by atoms with van der Waals surface area (Å²) in [4.78, 5) is 8.19. The zero-order chi connectivity index (χ0) is 12.4. The molecule has 2 nitrogen and oxygen atoms in total. The van der Waals surface area contributed by atoms with E-state index in [1.807, 2.05) is 0 Å². The van der Waals surface area contributed by atoms with E-state index < -0.39 is 11.6 Å². The van der Waals surface area contributed by atoms with E-state index >= 15 is 0 Å². The van der Waals surface area contributed by atoms with Crippen LogP contribution in [0.25, 0.3) is 11.3 Å². The number of nitrogens with zero attached hydrogens (tertiary/aromatic N) is 2. The Hall–Kier alpha value is -1.55. The van der Waals surface area contributed by atoms with Gasteiger partial charge in [0.2, 0.25) is 0 Å². The Bertz CT molecular complexity index is 558. The van der Waals surface area contributed by atoms with Crippen molar-refractivity contribution in [1.29, 1.82) is 0 Å². The third-order valence-electron chi connectivity index (χ3n) is 2.23. The first kappa shape index (κ1) is 11.9. The van der Waals surface area contributed by atoms with Gasteiger partial charge in [-0.1, -0.05) is 0 Å². The standard InChI is InChI=1S/C12H9ClF2N2/c1-7-4-11(17-12(6-13)16-7)9-3-2-8(14)5-10(9)15/h2-5H,6H2,1H3. The highest BCUT2D eigenvalue weighted by Gasteiger charge is 2.09. The lowest BCUT2D eigenvalue weighted by atomic mass is 10.1. The van der Waals surface area contributed by atoms with Gasteiger partial charge in [-0.3, -0.25) is 0 Å². The molecule has 1 aromatic carbocycles. The molecule has 5 heteroatoms. The van der Waals surface area contributed by atoms with Crippen molar-refractivity contribution in [3.63, 3.8) is 0 Å². The molecule has 0 unspecified atom stereocenters. The molecule has 17 heavy (non-hydrogen) atoms. The van der Waals surface area contributed by atoms with Crippen molar-refractivity contribution in [2.24, 2.45) is 0 Å². The molecule has 1 aromatic heterocycles. The van der Waals surface area contributed by atoms with Crippen molar-refractivity contribution >= 4 is 11.6 Å². The van der Waals surface area contributed by atoms with Crippen LogP contribution in [0, 0.1) is 18.6 Å². The number of halogens is 3. The molecule has 0 aliphatic carbocycles. The van der Waals surface area contributed by atoms with Crippen molar-refractivity contribution in [1.82, 2.24) is 9.97 Å². The molecule has 2 aromatic rings. The summed E-state index contributed by atoms with van der Waals surface area (Å²) in [5, 5.41) is 0. The normalized spacial score (nSPS) is 10.6. The van der Waals surface area contributed by atoms with Crippen LogP contribution in [0.3, 0.4) is 0 Å². The lowest BCUT2D eigenvalue weighted by molar-refractivity contribution is 0.585. The average molecular weight is 255 g/mol. The molecule has 2 rings (SSSR count). The third kappa shape index (κ3) is 2.58. The SMILES string of the molecule is Cc1cc(-c2ccc(F)cc2F)nc(CCl)n1. The quantitative estimate of drug-likeness (QED) is 0.767. The fourth-order valence-corrected chi connectivity index (χ4v) is 1.64. The second kappa shape index (κ2) is 4.75. The number of aryl methyl sites for hydroxylation is 1. The number of hydrogen-bond donors (Lipinski definition) is 0. The largest absolute Gasteiger partial charge is 0.237 e. The molecule has 0 amide bonds. The molecule has 0 spiro atoms. The van der Waals surface area contributed by atoms with Gasteiger partial charge in [-0.25, -0.2) is 18.7 Å². The van der Waals surface area contributed by atoms with Crippen molar-refractivity contribution in [3.05, 3.63) is 47.4 Å². The van der Waals surface area contributed by atoms with Crippen LogP contribution in [0.5, 0.6) is 0 Å². The van der Waals surface area contributed by atoms with Gasteiger partial charge in [-0.05, 0) is 25.1 Å². The van der Waals surface area contributed by atoms with Crippen LogP contribution in [0.15, 0.2) is 24.3 Å². The van der Waals surface area contributed by atoms with Crippen LogP contribution in [-0.4, -0.2) is 9.97 Å². The molecule has 0 atom stereocenters. The molecule has 0 fully saturated rings. The molecule has 0 bridgehead atoms. The fraction of sp³-hybridized carbons (Fsp3) is 0.167. The second-order valence-corrected chi connectivity index (χ2v) is 3.84. The Morgan fingerprint density at radius 1 is 1.18 bits per heavy atom. The number of rotatable bonds is 2. The van der Waals surface area contributed by atoms with E-state index in [0.717, 1.165) is 6.07 Å². The summed E-state index contributed by atoms with van der Waals surface area (Å²) in [6, 6.07) is 5.00. The summed E-state index contributed by atoms with van der Waals surface area (Å²) in [6.07, 6.45) is 0. The number of benzene rings is 1. The first-order valence-electron chi connectivity index (χ1n) is 4.96. The molecule has 88 valence electrons. The molecule has 0 aliphatic rings. The van der Waals surface area contributed by atoms with E-state index in [1.165, 1.54) is 12.1 Å². The zero-order valence-electron chi connectivity index (χ0n) is 9.04. The van der Waals surface area contributed by atoms with Gasteiger partial charge in [0, 0.05) is 17.3 Å². The van der Waals surface area contributed by atoms with Crippen LogP contribution in [0.2, 0.25) is 0 Å². The number of aromatic nitrogens is 2. The summed E-state index contributed by atoms with van der Waals surface area (Å²) in [6.45, 7) is 1.77. The monoisotopic (exact) mass is 254 g/mol. The van der Waals surface area contributed by atoms with Crippen LogP contribution in [-0.2, 0) is 5.88 Å². The van der Waals surface area contributed by atoms with Crippen LogP contribution in [0.4, 0.5) is 8.78 Å². The maximum atomic E-state index is 13.6. The van der Waals surface area contributed by atoms with Crippen LogP contribution < -0.4 is 0 Å². The van der Waals surface area contributed by atoms with E-state index in [-0.39, 0.29) is 11.4 Å². The summed E-state index contributed by atoms with van der Waals surface area (Å²) in [5.41, 5.74) is 1.34. The maximum Gasteiger partial charge on any atom is 0.143 e. The molecule has 0 saturated carbocycles. The molecule has 0 N–H and O–H groups in total. The van der Waals surface area contributed by atoms with Crippen molar-refractivity contribution in [2.45, 2.75) is 12.8 Å². The van der Waals surface area contributed by atoms with Gasteiger partial charge in [-0.2, -0.15) is 0 Å². The lowest BCUT2D eigenvalue weighted by Crippen LogP contribution is -1.98. The fourth-order valence-electron chi connectivity index (χ4n) is 1.52. The predicted octanol–water partition coefficient (Wildman–Crippen LogP) is 3.47.